The minimum Gasteiger partial charge on any atom is -0.477 e. The number of carbonyl (C=O) groups is 1. The minimum atomic E-state index is -1.06. The Bertz CT molecular complexity index is 512. The van der Waals surface area contributed by atoms with E-state index in [-0.39, 0.29) is 17.0 Å². The average molecular weight is 207 g/mol. The van der Waals surface area contributed by atoms with E-state index in [1.54, 1.807) is 31.1 Å². The summed E-state index contributed by atoms with van der Waals surface area (Å²) in [5.41, 5.74) is 0.820. The lowest BCUT2D eigenvalue weighted by Gasteiger charge is -1.92. The van der Waals surface area contributed by atoms with Crippen molar-refractivity contribution < 1.29 is 14.4 Å². The molecule has 0 aromatic carbocycles. The molecule has 0 amide bonds. The zero-order chi connectivity index (χ0) is 11.0. The molecule has 6 nitrogen and oxygen atoms in total. The maximum Gasteiger partial charge on any atom is 0.341 e. The average Bonchev–Trinajstić information content (AvgIpc) is 2.71. The molecule has 0 unspecified atom stereocenters. The van der Waals surface area contributed by atoms with Gasteiger partial charge in [-0.05, 0) is 6.92 Å². The van der Waals surface area contributed by atoms with Crippen molar-refractivity contribution in [1.82, 2.24) is 14.7 Å². The molecule has 2 rings (SSSR count). The van der Waals surface area contributed by atoms with Gasteiger partial charge >= 0.3 is 5.97 Å². The van der Waals surface area contributed by atoms with E-state index in [0.717, 1.165) is 0 Å². The zero-order valence-electron chi connectivity index (χ0n) is 8.26. The highest BCUT2D eigenvalue weighted by Gasteiger charge is 2.22. The van der Waals surface area contributed by atoms with E-state index in [2.05, 4.69) is 10.1 Å². The molecule has 2 aromatic rings. The molecule has 2 heterocycles. The number of nitrogens with zero attached hydrogens (tertiary/aromatic N) is 3. The number of carboxylic acid groups (broad SMARTS) is 1. The molecule has 2 aromatic heterocycles. The highest BCUT2D eigenvalue weighted by Crippen LogP contribution is 2.23. The van der Waals surface area contributed by atoms with E-state index in [4.69, 9.17) is 9.63 Å². The van der Waals surface area contributed by atoms with Gasteiger partial charge in [0.15, 0.2) is 0 Å². The highest BCUT2D eigenvalue weighted by atomic mass is 16.5. The van der Waals surface area contributed by atoms with E-state index in [9.17, 15) is 4.79 Å². The van der Waals surface area contributed by atoms with Crippen LogP contribution in [0.3, 0.4) is 0 Å². The second kappa shape index (κ2) is 3.23. The Hall–Kier alpha value is -2.11. The van der Waals surface area contributed by atoms with Gasteiger partial charge in [-0.15, -0.1) is 0 Å². The number of rotatable bonds is 2. The number of aromatic nitrogens is 3. The van der Waals surface area contributed by atoms with Crippen LogP contribution in [0.15, 0.2) is 17.0 Å². The van der Waals surface area contributed by atoms with Crippen LogP contribution in [-0.2, 0) is 7.05 Å². The van der Waals surface area contributed by atoms with Gasteiger partial charge in [0, 0.05) is 13.2 Å². The summed E-state index contributed by atoms with van der Waals surface area (Å²) >= 11 is 0. The molecule has 6 heteroatoms. The number of carboxylic acids is 1. The summed E-state index contributed by atoms with van der Waals surface area (Å²) in [6.45, 7) is 1.56. The van der Waals surface area contributed by atoms with Gasteiger partial charge in [0.25, 0.3) is 0 Å². The summed E-state index contributed by atoms with van der Waals surface area (Å²) in [5, 5.41) is 12.7. The molecule has 0 aliphatic heterocycles. The first kappa shape index (κ1) is 9.45. The van der Waals surface area contributed by atoms with E-state index in [1.807, 2.05) is 0 Å². The lowest BCUT2D eigenvalue weighted by atomic mass is 10.1. The Kier molecular flexibility index (Phi) is 2.03. The Morgan fingerprint density at radius 3 is 2.87 bits per heavy atom. The van der Waals surface area contributed by atoms with Crippen molar-refractivity contribution in [1.29, 1.82) is 0 Å². The predicted molar refractivity (Wildman–Crippen MR) is 50.4 cm³/mol. The molecular formula is C9H9N3O3. The standard InChI is InChI=1S/C9H9N3O3/c1-5-7(9(13)14)8(11-15-5)6-3-12(2)4-10-6/h3-4H,1-2H3,(H,13,14). The molecular weight excluding hydrogens is 198 g/mol. The van der Waals surface area contributed by atoms with Crippen LogP contribution in [-0.4, -0.2) is 25.8 Å². The number of aromatic carboxylic acids is 1. The van der Waals surface area contributed by atoms with Gasteiger partial charge < -0.3 is 14.2 Å². The zero-order valence-corrected chi connectivity index (χ0v) is 8.26. The Labute approximate surface area is 85.1 Å². The van der Waals surface area contributed by atoms with Gasteiger partial charge in [0.2, 0.25) is 0 Å². The lowest BCUT2D eigenvalue weighted by molar-refractivity contribution is 0.0695. The van der Waals surface area contributed by atoms with Gasteiger partial charge in [-0.25, -0.2) is 9.78 Å². The van der Waals surface area contributed by atoms with Crippen LogP contribution in [0.1, 0.15) is 16.1 Å². The van der Waals surface area contributed by atoms with Gasteiger partial charge in [-0.2, -0.15) is 0 Å². The number of aryl methyl sites for hydroxylation is 2. The molecule has 0 atom stereocenters. The summed E-state index contributed by atoms with van der Waals surface area (Å²) in [5.74, 6) is -0.780. The van der Waals surface area contributed by atoms with Gasteiger partial charge in [-0.3, -0.25) is 0 Å². The second-order valence-corrected chi connectivity index (χ2v) is 3.19. The second-order valence-electron chi connectivity index (χ2n) is 3.19. The minimum absolute atomic E-state index is 0.0636. The van der Waals surface area contributed by atoms with Gasteiger partial charge in [-0.1, -0.05) is 5.16 Å². The fourth-order valence-corrected chi connectivity index (χ4v) is 1.33. The first-order valence-electron chi connectivity index (χ1n) is 4.27. The monoisotopic (exact) mass is 207 g/mol. The van der Waals surface area contributed by atoms with Crippen LogP contribution < -0.4 is 0 Å². The fraction of sp³-hybridized carbons (Fsp3) is 0.222. The van der Waals surface area contributed by atoms with Gasteiger partial charge in [0.05, 0.1) is 6.33 Å². The molecule has 0 aliphatic rings. The Balaban J connectivity index is 2.58. The molecule has 0 saturated heterocycles. The van der Waals surface area contributed by atoms with Crippen molar-refractivity contribution in [3.63, 3.8) is 0 Å². The van der Waals surface area contributed by atoms with Crippen molar-refractivity contribution in [2.75, 3.05) is 0 Å². The Morgan fingerprint density at radius 2 is 2.33 bits per heavy atom. The maximum atomic E-state index is 10.9. The molecule has 0 fully saturated rings. The van der Waals surface area contributed by atoms with E-state index < -0.39 is 5.97 Å². The Morgan fingerprint density at radius 1 is 1.60 bits per heavy atom. The van der Waals surface area contributed by atoms with Crippen LogP contribution in [0, 0.1) is 6.92 Å². The normalized spacial score (nSPS) is 10.5. The summed E-state index contributed by atoms with van der Waals surface area (Å²) in [6, 6.07) is 0. The molecule has 0 aliphatic carbocycles. The summed E-state index contributed by atoms with van der Waals surface area (Å²) in [4.78, 5) is 15.0. The van der Waals surface area contributed by atoms with Crippen molar-refractivity contribution in [2.45, 2.75) is 6.92 Å². The van der Waals surface area contributed by atoms with Crippen molar-refractivity contribution in [2.24, 2.45) is 7.05 Å². The number of imidazole rings is 1. The summed E-state index contributed by atoms with van der Waals surface area (Å²) in [6.07, 6.45) is 3.26. The van der Waals surface area contributed by atoms with E-state index in [0.29, 0.717) is 5.69 Å². The lowest BCUT2D eigenvalue weighted by Crippen LogP contribution is -1.99. The highest BCUT2D eigenvalue weighted by molar-refractivity contribution is 5.95. The number of hydrogen-bond acceptors (Lipinski definition) is 4. The first-order valence-corrected chi connectivity index (χ1v) is 4.27. The topological polar surface area (TPSA) is 81.2 Å². The van der Waals surface area contributed by atoms with Crippen molar-refractivity contribution >= 4 is 5.97 Å². The third-order valence-corrected chi connectivity index (χ3v) is 2.02. The third-order valence-electron chi connectivity index (χ3n) is 2.02. The van der Waals surface area contributed by atoms with Crippen molar-refractivity contribution in [3.8, 4) is 11.4 Å². The van der Waals surface area contributed by atoms with Crippen molar-refractivity contribution in [3.05, 3.63) is 23.8 Å². The maximum absolute atomic E-state index is 10.9. The summed E-state index contributed by atoms with van der Waals surface area (Å²) in [7, 11) is 1.80. The van der Waals surface area contributed by atoms with E-state index in [1.165, 1.54) is 0 Å². The molecule has 1 N–H and O–H groups in total. The SMILES string of the molecule is Cc1onc(-c2cn(C)cn2)c1C(=O)O. The largest absolute Gasteiger partial charge is 0.477 e. The van der Waals surface area contributed by atoms with Gasteiger partial charge in [0.1, 0.15) is 22.7 Å². The van der Waals surface area contributed by atoms with Crippen LogP contribution in [0.4, 0.5) is 0 Å². The van der Waals surface area contributed by atoms with Crippen LogP contribution >= 0.6 is 0 Å². The smallest absolute Gasteiger partial charge is 0.341 e. The number of hydrogen-bond donors (Lipinski definition) is 1. The molecule has 0 bridgehead atoms. The van der Waals surface area contributed by atoms with Crippen LogP contribution in [0.25, 0.3) is 11.4 Å². The molecule has 0 saturated carbocycles. The molecule has 0 radical (unpaired) electrons. The fourth-order valence-electron chi connectivity index (χ4n) is 1.33. The molecule has 0 spiro atoms. The predicted octanol–water partition coefficient (Wildman–Crippen LogP) is 1.08. The van der Waals surface area contributed by atoms with E-state index >= 15 is 0 Å². The quantitative estimate of drug-likeness (QED) is 0.796. The third kappa shape index (κ3) is 1.50. The van der Waals surface area contributed by atoms with Crippen LogP contribution in [0.2, 0.25) is 0 Å². The van der Waals surface area contributed by atoms with Crippen LogP contribution in [0.5, 0.6) is 0 Å². The summed E-state index contributed by atoms with van der Waals surface area (Å²) < 4.78 is 6.55. The first-order chi connectivity index (χ1) is 7.09. The molecule has 78 valence electrons. The molecule has 15 heavy (non-hydrogen) atoms.